The Balaban J connectivity index is 2.11. The van der Waals surface area contributed by atoms with Crippen LogP contribution in [-0.4, -0.2) is 30.3 Å². The molecular weight excluding hydrogens is 285 g/mol. The number of hydrogen-bond donors (Lipinski definition) is 2. The van der Waals surface area contributed by atoms with Crippen LogP contribution in [0.1, 0.15) is 36.8 Å². The molecule has 0 bridgehead atoms. The fraction of sp³-hybridized carbons (Fsp3) is 0.588. The zero-order valence-corrected chi connectivity index (χ0v) is 12.8. The minimum Gasteiger partial charge on any atom is -0.391 e. The summed E-state index contributed by atoms with van der Waals surface area (Å²) in [6.45, 7) is 2.79. The largest absolute Gasteiger partial charge is 0.391 e. The maximum atomic E-state index is 14.0. The van der Waals surface area contributed by atoms with Crippen LogP contribution >= 0.6 is 0 Å². The van der Waals surface area contributed by atoms with Gasteiger partial charge < -0.3 is 15.6 Å². The quantitative estimate of drug-likeness (QED) is 0.875. The monoisotopic (exact) mass is 307 g/mol. The minimum absolute atomic E-state index is 0.355. The molecule has 1 aromatic carbocycles. The van der Waals surface area contributed by atoms with Crippen LogP contribution < -0.4 is 5.73 Å². The van der Waals surface area contributed by atoms with Gasteiger partial charge in [0.05, 0.1) is 6.10 Å². The van der Waals surface area contributed by atoms with Crippen molar-refractivity contribution in [3.05, 3.63) is 35.1 Å². The third kappa shape index (κ3) is 1.99. The third-order valence-corrected chi connectivity index (χ3v) is 5.74. The van der Waals surface area contributed by atoms with Gasteiger partial charge in [-0.05, 0) is 49.8 Å². The van der Waals surface area contributed by atoms with Crippen LogP contribution in [0.25, 0.3) is 0 Å². The Labute approximate surface area is 129 Å². The van der Waals surface area contributed by atoms with Crippen molar-refractivity contribution in [2.45, 2.75) is 44.1 Å². The van der Waals surface area contributed by atoms with Gasteiger partial charge in [0, 0.05) is 18.6 Å². The predicted molar refractivity (Wildman–Crippen MR) is 79.7 cm³/mol. The minimum atomic E-state index is -1.20. The molecule has 1 heterocycles. The van der Waals surface area contributed by atoms with Gasteiger partial charge in [0.1, 0.15) is 11.2 Å². The lowest BCUT2D eigenvalue weighted by Crippen LogP contribution is -2.53. The topological polar surface area (TPSA) is 72.6 Å². The number of ether oxygens (including phenoxy) is 1. The van der Waals surface area contributed by atoms with Crippen molar-refractivity contribution in [2.75, 3.05) is 13.2 Å². The highest BCUT2D eigenvalue weighted by molar-refractivity contribution is 5.88. The van der Waals surface area contributed by atoms with Crippen molar-refractivity contribution in [1.82, 2.24) is 0 Å². The van der Waals surface area contributed by atoms with E-state index in [1.54, 1.807) is 19.1 Å². The van der Waals surface area contributed by atoms with Gasteiger partial charge in [-0.2, -0.15) is 0 Å². The molecule has 3 rings (SSSR count). The molecule has 2 fully saturated rings. The highest BCUT2D eigenvalue weighted by Crippen LogP contribution is 2.56. The van der Waals surface area contributed by atoms with Gasteiger partial charge in [-0.1, -0.05) is 12.1 Å². The van der Waals surface area contributed by atoms with Crippen LogP contribution in [0, 0.1) is 18.2 Å². The number of carbonyl (C=O) groups is 1. The zero-order chi connectivity index (χ0) is 16.0. The molecule has 0 radical (unpaired) electrons. The molecule has 3 N–H and O–H groups in total. The van der Waals surface area contributed by atoms with E-state index in [0.29, 0.717) is 50.0 Å². The van der Waals surface area contributed by atoms with E-state index >= 15 is 0 Å². The highest BCUT2D eigenvalue weighted by Gasteiger charge is 2.60. The molecular formula is C17H22FNO3. The summed E-state index contributed by atoms with van der Waals surface area (Å²) in [4.78, 5) is 12.3. The average Bonchev–Trinajstić information content (AvgIpc) is 2.78. The summed E-state index contributed by atoms with van der Waals surface area (Å²) < 4.78 is 19.4. The number of aliphatic hydroxyl groups is 1. The number of rotatable bonds is 2. The van der Waals surface area contributed by atoms with E-state index < -0.39 is 17.4 Å². The third-order valence-electron chi connectivity index (χ3n) is 5.74. The van der Waals surface area contributed by atoms with E-state index in [-0.39, 0.29) is 11.2 Å². The highest BCUT2D eigenvalue weighted by atomic mass is 19.1. The fourth-order valence-electron chi connectivity index (χ4n) is 4.31. The van der Waals surface area contributed by atoms with Gasteiger partial charge in [-0.3, -0.25) is 4.79 Å². The average molecular weight is 307 g/mol. The second kappa shape index (κ2) is 5.32. The van der Waals surface area contributed by atoms with E-state index in [1.165, 1.54) is 6.07 Å². The van der Waals surface area contributed by atoms with Gasteiger partial charge in [0.15, 0.2) is 0 Å². The summed E-state index contributed by atoms with van der Waals surface area (Å²) >= 11 is 0. The Morgan fingerprint density at radius 1 is 1.32 bits per heavy atom. The number of aliphatic hydroxyl groups excluding tert-OH is 1. The van der Waals surface area contributed by atoms with Gasteiger partial charge in [-0.25, -0.2) is 4.39 Å². The molecule has 1 amide bonds. The first kappa shape index (κ1) is 15.4. The zero-order valence-electron chi connectivity index (χ0n) is 12.8. The van der Waals surface area contributed by atoms with Crippen molar-refractivity contribution in [3.8, 4) is 0 Å². The van der Waals surface area contributed by atoms with Crippen molar-refractivity contribution in [2.24, 2.45) is 11.1 Å². The van der Waals surface area contributed by atoms with E-state index in [2.05, 4.69) is 0 Å². The van der Waals surface area contributed by atoms with Crippen LogP contribution in [0.2, 0.25) is 0 Å². The molecule has 2 atom stereocenters. The maximum absolute atomic E-state index is 14.0. The van der Waals surface area contributed by atoms with Crippen LogP contribution in [0.3, 0.4) is 0 Å². The first-order valence-corrected chi connectivity index (χ1v) is 7.75. The Morgan fingerprint density at radius 2 is 2.00 bits per heavy atom. The lowest BCUT2D eigenvalue weighted by atomic mass is 9.68. The summed E-state index contributed by atoms with van der Waals surface area (Å²) in [6.07, 6.45) is 1.67. The molecule has 2 aliphatic rings. The molecule has 1 aliphatic heterocycles. The van der Waals surface area contributed by atoms with E-state index in [9.17, 15) is 14.3 Å². The first-order chi connectivity index (χ1) is 10.4. The molecule has 0 aromatic heterocycles. The normalized spacial score (nSPS) is 30.6. The maximum Gasteiger partial charge on any atom is 0.230 e. The second-order valence-corrected chi connectivity index (χ2v) is 6.63. The molecule has 5 heteroatoms. The van der Waals surface area contributed by atoms with Gasteiger partial charge in [-0.15, -0.1) is 0 Å². The molecule has 2 unspecified atom stereocenters. The lowest BCUT2D eigenvalue weighted by molar-refractivity contribution is -0.131. The van der Waals surface area contributed by atoms with E-state index in [0.717, 1.165) is 0 Å². The number of nitrogens with two attached hydrogens (primary N) is 1. The Morgan fingerprint density at radius 3 is 2.64 bits per heavy atom. The number of hydrogen-bond acceptors (Lipinski definition) is 3. The second-order valence-electron chi connectivity index (χ2n) is 6.63. The number of halogens is 1. The Hall–Kier alpha value is -1.46. The fourth-order valence-corrected chi connectivity index (χ4v) is 4.31. The number of primary amides is 1. The Kier molecular flexibility index (Phi) is 3.73. The van der Waals surface area contributed by atoms with E-state index in [4.69, 9.17) is 10.5 Å². The van der Waals surface area contributed by atoms with Crippen LogP contribution in [0.4, 0.5) is 4.39 Å². The number of amides is 1. The molecule has 22 heavy (non-hydrogen) atoms. The van der Waals surface area contributed by atoms with Crippen molar-refractivity contribution >= 4 is 5.91 Å². The van der Waals surface area contributed by atoms with Crippen LogP contribution in [0.15, 0.2) is 18.2 Å². The SMILES string of the molecule is Cc1c(F)cccc1C1(C(N)=O)CCC2(CCOCC2)C1O. The van der Waals surface area contributed by atoms with Crippen molar-refractivity contribution < 1.29 is 19.0 Å². The lowest BCUT2D eigenvalue weighted by Gasteiger charge is -2.41. The summed E-state index contributed by atoms with van der Waals surface area (Å²) in [7, 11) is 0. The summed E-state index contributed by atoms with van der Waals surface area (Å²) in [5.74, 6) is -0.949. The van der Waals surface area contributed by atoms with Gasteiger partial charge >= 0.3 is 0 Å². The summed E-state index contributed by atoms with van der Waals surface area (Å²) in [6, 6.07) is 4.65. The first-order valence-electron chi connectivity index (χ1n) is 7.75. The molecule has 1 aromatic rings. The molecule has 1 saturated carbocycles. The van der Waals surface area contributed by atoms with Crippen molar-refractivity contribution in [3.63, 3.8) is 0 Å². The summed E-state index contributed by atoms with van der Waals surface area (Å²) in [5.41, 5.74) is 5.07. The van der Waals surface area contributed by atoms with E-state index in [1.807, 2.05) is 0 Å². The standard InChI is InChI=1S/C17H22FNO3/c1-11-12(3-2-4-13(11)18)17(15(19)21)6-5-16(14(17)20)7-9-22-10-8-16/h2-4,14,20H,5-10H2,1H3,(H2,19,21). The summed E-state index contributed by atoms with van der Waals surface area (Å²) in [5, 5.41) is 11.1. The molecule has 1 spiro atoms. The predicted octanol–water partition coefficient (Wildman–Crippen LogP) is 1.81. The molecule has 120 valence electrons. The Bertz CT molecular complexity index is 598. The van der Waals surface area contributed by atoms with Crippen LogP contribution in [0.5, 0.6) is 0 Å². The number of benzene rings is 1. The molecule has 1 saturated heterocycles. The molecule has 1 aliphatic carbocycles. The van der Waals surface area contributed by atoms with Crippen LogP contribution in [-0.2, 0) is 14.9 Å². The number of carbonyl (C=O) groups excluding carboxylic acids is 1. The van der Waals surface area contributed by atoms with Gasteiger partial charge in [0.25, 0.3) is 0 Å². The smallest absolute Gasteiger partial charge is 0.230 e. The molecule has 4 nitrogen and oxygen atoms in total. The van der Waals surface area contributed by atoms with Crippen molar-refractivity contribution in [1.29, 1.82) is 0 Å². The van der Waals surface area contributed by atoms with Gasteiger partial charge in [0.2, 0.25) is 5.91 Å².